The Bertz CT molecular complexity index is 382. The van der Waals surface area contributed by atoms with Gasteiger partial charge in [-0.05, 0) is 33.6 Å². The molecule has 0 heterocycles. The fourth-order valence-corrected chi connectivity index (χ4v) is 1.82. The van der Waals surface area contributed by atoms with Crippen molar-refractivity contribution in [2.24, 2.45) is 0 Å². The Labute approximate surface area is 101 Å². The summed E-state index contributed by atoms with van der Waals surface area (Å²) in [5.74, 6) is -1.26. The molecule has 0 bridgehead atoms. The molecule has 2 nitrogen and oxygen atoms in total. The second-order valence-corrected chi connectivity index (χ2v) is 4.05. The van der Waals surface area contributed by atoms with E-state index in [1.807, 2.05) is 0 Å². The first-order chi connectivity index (χ1) is 7.10. The number of Topliss-reactive ketones (excluding diaryl/α,β-unsaturated/α-hetero) is 1. The van der Waals surface area contributed by atoms with Gasteiger partial charge in [-0.15, -0.1) is 11.6 Å². The lowest BCUT2D eigenvalue weighted by atomic mass is 10.1. The number of ether oxygens (including phenoxy) is 1. The summed E-state index contributed by atoms with van der Waals surface area (Å²) >= 11 is 8.42. The fraction of sp³-hybridized carbons (Fsp3) is 0.300. The molecule has 1 aromatic rings. The van der Waals surface area contributed by atoms with Crippen LogP contribution in [0.15, 0.2) is 16.6 Å². The first-order valence-electron chi connectivity index (χ1n) is 4.16. The number of alkyl halides is 1. The number of carbonyl (C=O) groups is 1. The van der Waals surface area contributed by atoms with Gasteiger partial charge in [0, 0.05) is 7.11 Å². The number of ketones is 1. The van der Waals surface area contributed by atoms with Crippen molar-refractivity contribution in [1.82, 2.24) is 0 Å². The molecule has 0 radical (unpaired) electrons. The molecule has 1 aromatic carbocycles. The van der Waals surface area contributed by atoms with Crippen LogP contribution in [-0.2, 0) is 11.3 Å². The Morgan fingerprint density at radius 3 is 2.80 bits per heavy atom. The lowest BCUT2D eigenvalue weighted by molar-refractivity contribution is 0.101. The number of methoxy groups -OCH3 is 1. The van der Waals surface area contributed by atoms with Crippen LogP contribution in [0.25, 0.3) is 0 Å². The molecule has 0 aliphatic carbocycles. The molecule has 5 heteroatoms. The van der Waals surface area contributed by atoms with Crippen molar-refractivity contribution in [3.63, 3.8) is 0 Å². The molecule has 15 heavy (non-hydrogen) atoms. The molecule has 82 valence electrons. The minimum Gasteiger partial charge on any atom is -0.380 e. The van der Waals surface area contributed by atoms with Crippen LogP contribution in [0.4, 0.5) is 4.39 Å². The third-order valence-electron chi connectivity index (χ3n) is 1.82. The lowest BCUT2D eigenvalue weighted by Gasteiger charge is -2.06. The molecule has 0 saturated heterocycles. The van der Waals surface area contributed by atoms with E-state index >= 15 is 0 Å². The normalized spacial score (nSPS) is 10.4. The van der Waals surface area contributed by atoms with Crippen molar-refractivity contribution in [2.45, 2.75) is 6.61 Å². The SMILES string of the molecule is COCc1cc(Br)c(F)c(C(=O)CCl)c1. The van der Waals surface area contributed by atoms with Crippen molar-refractivity contribution in [3.8, 4) is 0 Å². The van der Waals surface area contributed by atoms with E-state index in [-0.39, 0.29) is 15.9 Å². The van der Waals surface area contributed by atoms with Crippen molar-refractivity contribution in [3.05, 3.63) is 33.5 Å². The number of hydrogen-bond acceptors (Lipinski definition) is 2. The Kier molecular flexibility index (Phi) is 4.70. The molecular formula is C10H9BrClFO2. The van der Waals surface area contributed by atoms with Gasteiger partial charge >= 0.3 is 0 Å². The topological polar surface area (TPSA) is 26.3 Å². The van der Waals surface area contributed by atoms with Gasteiger partial charge in [-0.1, -0.05) is 0 Å². The van der Waals surface area contributed by atoms with Gasteiger partial charge in [-0.25, -0.2) is 4.39 Å². The van der Waals surface area contributed by atoms with Crippen LogP contribution in [0, 0.1) is 5.82 Å². The second-order valence-electron chi connectivity index (χ2n) is 2.93. The van der Waals surface area contributed by atoms with E-state index in [2.05, 4.69) is 15.9 Å². The molecule has 0 fully saturated rings. The summed E-state index contributed by atoms with van der Waals surface area (Å²) in [7, 11) is 1.53. The zero-order valence-electron chi connectivity index (χ0n) is 8.02. The summed E-state index contributed by atoms with van der Waals surface area (Å²) in [4.78, 5) is 11.3. The van der Waals surface area contributed by atoms with Gasteiger partial charge in [0.1, 0.15) is 5.82 Å². The van der Waals surface area contributed by atoms with Gasteiger partial charge in [0.2, 0.25) is 0 Å². The highest BCUT2D eigenvalue weighted by Crippen LogP contribution is 2.22. The van der Waals surface area contributed by atoms with Gasteiger partial charge in [0.05, 0.1) is 22.5 Å². The minimum absolute atomic E-state index is 0.00794. The van der Waals surface area contributed by atoms with Crippen molar-refractivity contribution in [2.75, 3.05) is 13.0 Å². The van der Waals surface area contributed by atoms with Gasteiger partial charge in [0.15, 0.2) is 5.78 Å². The quantitative estimate of drug-likeness (QED) is 0.630. The van der Waals surface area contributed by atoms with E-state index in [1.165, 1.54) is 13.2 Å². The van der Waals surface area contributed by atoms with Crippen LogP contribution in [0.5, 0.6) is 0 Å². The maximum absolute atomic E-state index is 13.5. The van der Waals surface area contributed by atoms with Crippen molar-refractivity contribution >= 4 is 33.3 Å². The Balaban J connectivity index is 3.18. The molecular weight excluding hydrogens is 286 g/mol. The molecule has 0 aromatic heterocycles. The van der Waals surface area contributed by atoms with Crippen LogP contribution in [-0.4, -0.2) is 18.8 Å². The average molecular weight is 296 g/mol. The Morgan fingerprint density at radius 2 is 2.27 bits per heavy atom. The van der Waals surface area contributed by atoms with Crippen molar-refractivity contribution < 1.29 is 13.9 Å². The number of halogens is 3. The number of benzene rings is 1. The monoisotopic (exact) mass is 294 g/mol. The standard InChI is InChI=1S/C10H9BrClFO2/c1-15-5-6-2-7(9(14)4-12)10(13)8(11)3-6/h2-3H,4-5H2,1H3. The summed E-state index contributed by atoms with van der Waals surface area (Å²) in [5, 5.41) is 0. The summed E-state index contributed by atoms with van der Waals surface area (Å²) in [6.45, 7) is 0.321. The van der Waals surface area contributed by atoms with Gasteiger partial charge in [0.25, 0.3) is 0 Å². The predicted octanol–water partition coefficient (Wildman–Crippen LogP) is 3.16. The maximum Gasteiger partial charge on any atom is 0.180 e. The van der Waals surface area contributed by atoms with Gasteiger partial charge in [-0.2, -0.15) is 0 Å². The summed E-state index contributed by atoms with van der Waals surface area (Å²) in [6.07, 6.45) is 0. The van der Waals surface area contributed by atoms with E-state index < -0.39 is 11.6 Å². The summed E-state index contributed by atoms with van der Waals surface area (Å²) in [5.41, 5.74) is 0.714. The van der Waals surface area contributed by atoms with E-state index in [9.17, 15) is 9.18 Å². The molecule has 0 spiro atoms. The number of carbonyl (C=O) groups excluding carboxylic acids is 1. The summed E-state index contributed by atoms with van der Waals surface area (Å²) < 4.78 is 18.6. The van der Waals surface area contributed by atoms with Crippen molar-refractivity contribution in [1.29, 1.82) is 0 Å². The molecule has 0 aliphatic heterocycles. The molecule has 0 aliphatic rings. The molecule has 0 atom stereocenters. The fourth-order valence-electron chi connectivity index (χ4n) is 1.17. The van der Waals surface area contributed by atoms with Crippen LogP contribution in [0.3, 0.4) is 0 Å². The molecule has 0 N–H and O–H groups in total. The highest BCUT2D eigenvalue weighted by atomic mass is 79.9. The molecule has 0 amide bonds. The van der Waals surface area contributed by atoms with E-state index in [1.54, 1.807) is 6.07 Å². The first-order valence-corrected chi connectivity index (χ1v) is 5.49. The highest BCUT2D eigenvalue weighted by molar-refractivity contribution is 9.10. The molecule has 0 unspecified atom stereocenters. The van der Waals surface area contributed by atoms with Crippen LogP contribution < -0.4 is 0 Å². The highest BCUT2D eigenvalue weighted by Gasteiger charge is 2.14. The lowest BCUT2D eigenvalue weighted by Crippen LogP contribution is -2.06. The third-order valence-corrected chi connectivity index (χ3v) is 2.64. The smallest absolute Gasteiger partial charge is 0.180 e. The third kappa shape index (κ3) is 3.00. The zero-order valence-corrected chi connectivity index (χ0v) is 10.4. The molecule has 0 saturated carbocycles. The maximum atomic E-state index is 13.5. The van der Waals surface area contributed by atoms with Crippen LogP contribution in [0.1, 0.15) is 15.9 Å². The minimum atomic E-state index is -0.583. The van der Waals surface area contributed by atoms with Crippen LogP contribution in [0.2, 0.25) is 0 Å². The van der Waals surface area contributed by atoms with E-state index in [0.717, 1.165) is 5.56 Å². The zero-order chi connectivity index (χ0) is 11.4. The first kappa shape index (κ1) is 12.6. The van der Waals surface area contributed by atoms with E-state index in [0.29, 0.717) is 6.61 Å². The van der Waals surface area contributed by atoms with Crippen LogP contribution >= 0.6 is 27.5 Å². The average Bonchev–Trinajstić information content (AvgIpc) is 2.22. The number of hydrogen-bond donors (Lipinski definition) is 0. The molecule has 1 rings (SSSR count). The van der Waals surface area contributed by atoms with Gasteiger partial charge < -0.3 is 4.74 Å². The predicted molar refractivity (Wildman–Crippen MR) is 59.9 cm³/mol. The Hall–Kier alpha value is -0.450. The second kappa shape index (κ2) is 5.58. The summed E-state index contributed by atoms with van der Waals surface area (Å²) in [6, 6.07) is 3.03. The van der Waals surface area contributed by atoms with E-state index in [4.69, 9.17) is 16.3 Å². The van der Waals surface area contributed by atoms with Gasteiger partial charge in [-0.3, -0.25) is 4.79 Å². The Morgan fingerprint density at radius 1 is 1.60 bits per heavy atom. The largest absolute Gasteiger partial charge is 0.380 e. The number of rotatable bonds is 4.